The summed E-state index contributed by atoms with van der Waals surface area (Å²) in [6, 6.07) is 7.28. The second-order valence-electron chi connectivity index (χ2n) is 4.80. The van der Waals surface area contributed by atoms with Gasteiger partial charge in [0.1, 0.15) is 5.82 Å². The number of nitrogens with zero attached hydrogens (tertiary/aromatic N) is 4. The highest BCUT2D eigenvalue weighted by molar-refractivity contribution is 6.33. The molecule has 3 rings (SSSR count). The van der Waals surface area contributed by atoms with Crippen LogP contribution >= 0.6 is 11.6 Å². The summed E-state index contributed by atoms with van der Waals surface area (Å²) >= 11 is 6.14. The highest BCUT2D eigenvalue weighted by atomic mass is 35.5. The first-order chi connectivity index (χ1) is 9.78. The molecule has 2 aromatic rings. The van der Waals surface area contributed by atoms with Crippen molar-refractivity contribution in [3.63, 3.8) is 0 Å². The summed E-state index contributed by atoms with van der Waals surface area (Å²) in [5, 5.41) is 21.1. The topological polar surface area (TPSA) is 66.5 Å². The highest BCUT2D eigenvalue weighted by Gasteiger charge is 2.15. The molecule has 0 spiro atoms. The number of aryl methyl sites for hydroxylation is 1. The van der Waals surface area contributed by atoms with Gasteiger partial charge in [0, 0.05) is 13.0 Å². The monoisotopic (exact) mass is 287 g/mol. The average Bonchev–Trinajstić information content (AvgIpc) is 2.89. The molecule has 0 saturated heterocycles. The van der Waals surface area contributed by atoms with E-state index in [9.17, 15) is 0 Å². The number of nitriles is 1. The standard InChI is InChI=1S/C14H14ClN5/c15-11-7-10(8-16)4-5-12(11)17-9-14-19-18-13-3-1-2-6-20(13)14/h4-5,7,17H,1-3,6,9H2. The summed E-state index contributed by atoms with van der Waals surface area (Å²) < 4.78 is 2.17. The number of nitrogens with one attached hydrogen (secondary N) is 1. The van der Waals surface area contributed by atoms with Crippen LogP contribution in [-0.4, -0.2) is 14.8 Å². The van der Waals surface area contributed by atoms with Crippen LogP contribution in [0.1, 0.15) is 30.1 Å². The lowest BCUT2D eigenvalue weighted by molar-refractivity contribution is 0.510. The predicted octanol–water partition coefficient (Wildman–Crippen LogP) is 2.75. The van der Waals surface area contributed by atoms with Crippen molar-refractivity contribution in [2.45, 2.75) is 32.4 Å². The van der Waals surface area contributed by atoms with Gasteiger partial charge >= 0.3 is 0 Å². The average molecular weight is 288 g/mol. The summed E-state index contributed by atoms with van der Waals surface area (Å²) in [4.78, 5) is 0. The molecule has 0 amide bonds. The molecule has 0 fully saturated rings. The van der Waals surface area contributed by atoms with Crippen molar-refractivity contribution >= 4 is 17.3 Å². The zero-order valence-electron chi connectivity index (χ0n) is 10.9. The van der Waals surface area contributed by atoms with E-state index in [-0.39, 0.29) is 0 Å². The van der Waals surface area contributed by atoms with Gasteiger partial charge in [0.15, 0.2) is 5.82 Å². The molecule has 0 atom stereocenters. The first kappa shape index (κ1) is 12.9. The maximum atomic E-state index is 8.81. The van der Waals surface area contributed by atoms with Crippen molar-refractivity contribution in [1.82, 2.24) is 14.8 Å². The number of hydrogen-bond donors (Lipinski definition) is 1. The van der Waals surface area contributed by atoms with Crippen molar-refractivity contribution in [2.75, 3.05) is 5.32 Å². The van der Waals surface area contributed by atoms with E-state index in [0.717, 1.165) is 30.3 Å². The molecule has 20 heavy (non-hydrogen) atoms. The molecule has 2 heterocycles. The van der Waals surface area contributed by atoms with Gasteiger partial charge in [-0.05, 0) is 31.0 Å². The molecule has 1 aliphatic rings. The minimum absolute atomic E-state index is 0.544. The van der Waals surface area contributed by atoms with E-state index in [1.165, 1.54) is 12.8 Å². The zero-order chi connectivity index (χ0) is 13.9. The smallest absolute Gasteiger partial charge is 0.152 e. The Morgan fingerprint density at radius 2 is 2.25 bits per heavy atom. The zero-order valence-corrected chi connectivity index (χ0v) is 11.7. The van der Waals surface area contributed by atoms with Crippen molar-refractivity contribution in [1.29, 1.82) is 5.26 Å². The van der Waals surface area contributed by atoms with E-state index in [2.05, 4.69) is 26.2 Å². The SMILES string of the molecule is N#Cc1ccc(NCc2nnc3n2CCCC3)c(Cl)c1. The van der Waals surface area contributed by atoms with Crippen molar-refractivity contribution < 1.29 is 0 Å². The molecule has 0 unspecified atom stereocenters. The van der Waals surface area contributed by atoms with E-state index in [4.69, 9.17) is 16.9 Å². The lowest BCUT2D eigenvalue weighted by atomic mass is 10.1. The molecular weight excluding hydrogens is 274 g/mol. The van der Waals surface area contributed by atoms with Gasteiger partial charge in [-0.2, -0.15) is 5.26 Å². The second-order valence-corrected chi connectivity index (χ2v) is 5.21. The van der Waals surface area contributed by atoms with Gasteiger partial charge in [-0.25, -0.2) is 0 Å². The predicted molar refractivity (Wildman–Crippen MR) is 76.5 cm³/mol. The summed E-state index contributed by atoms with van der Waals surface area (Å²) in [5.41, 5.74) is 1.36. The molecule has 1 aromatic heterocycles. The van der Waals surface area contributed by atoms with Crippen LogP contribution in [0, 0.1) is 11.3 Å². The molecule has 1 aliphatic heterocycles. The van der Waals surface area contributed by atoms with Crippen LogP contribution in [0.3, 0.4) is 0 Å². The molecule has 0 bridgehead atoms. The van der Waals surface area contributed by atoms with E-state index in [1.54, 1.807) is 12.1 Å². The van der Waals surface area contributed by atoms with Crippen LogP contribution in [0.15, 0.2) is 18.2 Å². The van der Waals surface area contributed by atoms with Gasteiger partial charge in [-0.15, -0.1) is 10.2 Å². The van der Waals surface area contributed by atoms with Crippen LogP contribution in [0.25, 0.3) is 0 Å². The van der Waals surface area contributed by atoms with Gasteiger partial charge < -0.3 is 9.88 Å². The van der Waals surface area contributed by atoms with Crippen molar-refractivity contribution in [3.8, 4) is 6.07 Å². The second kappa shape index (κ2) is 5.51. The quantitative estimate of drug-likeness (QED) is 0.942. The Bertz CT molecular complexity index is 671. The number of benzene rings is 1. The Kier molecular flexibility index (Phi) is 3.57. The fourth-order valence-electron chi connectivity index (χ4n) is 2.40. The van der Waals surface area contributed by atoms with Gasteiger partial charge in [0.25, 0.3) is 0 Å². The molecule has 1 N–H and O–H groups in total. The Balaban J connectivity index is 1.74. The third kappa shape index (κ3) is 2.47. The molecule has 1 aromatic carbocycles. The maximum Gasteiger partial charge on any atom is 0.152 e. The molecule has 0 radical (unpaired) electrons. The summed E-state index contributed by atoms with van der Waals surface area (Å²) in [6.07, 6.45) is 3.37. The van der Waals surface area contributed by atoms with Crippen molar-refractivity contribution in [3.05, 3.63) is 40.4 Å². The minimum Gasteiger partial charge on any atom is -0.377 e. The van der Waals surface area contributed by atoms with Gasteiger partial charge in [-0.3, -0.25) is 0 Å². The lowest BCUT2D eigenvalue weighted by Crippen LogP contribution is -2.15. The first-order valence-corrected chi connectivity index (χ1v) is 7.00. The molecule has 102 valence electrons. The first-order valence-electron chi connectivity index (χ1n) is 6.62. The number of anilines is 1. The fourth-order valence-corrected chi connectivity index (χ4v) is 2.65. The van der Waals surface area contributed by atoms with Gasteiger partial charge in [0.05, 0.1) is 28.9 Å². The van der Waals surface area contributed by atoms with Crippen LogP contribution < -0.4 is 5.32 Å². The molecule has 0 saturated carbocycles. The third-order valence-electron chi connectivity index (χ3n) is 3.47. The van der Waals surface area contributed by atoms with E-state index < -0.39 is 0 Å². The lowest BCUT2D eigenvalue weighted by Gasteiger charge is -2.15. The van der Waals surface area contributed by atoms with Crippen LogP contribution in [0.5, 0.6) is 0 Å². The fraction of sp³-hybridized carbons (Fsp3) is 0.357. The summed E-state index contributed by atoms with van der Waals surface area (Å²) in [6.45, 7) is 1.57. The van der Waals surface area contributed by atoms with Crippen molar-refractivity contribution in [2.24, 2.45) is 0 Å². The minimum atomic E-state index is 0.544. The summed E-state index contributed by atoms with van der Waals surface area (Å²) in [5.74, 6) is 2.00. The Morgan fingerprint density at radius 3 is 3.05 bits per heavy atom. The number of rotatable bonds is 3. The Labute approximate surface area is 122 Å². The van der Waals surface area contributed by atoms with Crippen LogP contribution in [0.4, 0.5) is 5.69 Å². The normalized spacial score (nSPS) is 13.6. The van der Waals surface area contributed by atoms with E-state index in [1.807, 2.05) is 6.07 Å². The third-order valence-corrected chi connectivity index (χ3v) is 3.78. The van der Waals surface area contributed by atoms with Gasteiger partial charge in [0.2, 0.25) is 0 Å². The van der Waals surface area contributed by atoms with Gasteiger partial charge in [-0.1, -0.05) is 11.6 Å². The Hall–Kier alpha value is -2.06. The number of halogens is 1. The van der Waals surface area contributed by atoms with E-state index in [0.29, 0.717) is 17.1 Å². The molecular formula is C14H14ClN5. The van der Waals surface area contributed by atoms with Crippen LogP contribution in [-0.2, 0) is 19.5 Å². The number of aromatic nitrogens is 3. The number of hydrogen-bond acceptors (Lipinski definition) is 4. The molecule has 5 nitrogen and oxygen atoms in total. The van der Waals surface area contributed by atoms with E-state index >= 15 is 0 Å². The summed E-state index contributed by atoms with van der Waals surface area (Å²) in [7, 11) is 0. The molecule has 6 heteroatoms. The largest absolute Gasteiger partial charge is 0.377 e. The highest BCUT2D eigenvalue weighted by Crippen LogP contribution is 2.23. The molecule has 0 aliphatic carbocycles. The number of fused-ring (bicyclic) bond motifs is 1. The maximum absolute atomic E-state index is 8.81. The van der Waals surface area contributed by atoms with Crippen LogP contribution in [0.2, 0.25) is 5.02 Å². The Morgan fingerprint density at radius 1 is 1.35 bits per heavy atom.